The number of aromatic nitrogens is 3. The van der Waals surface area contributed by atoms with Crippen molar-refractivity contribution in [2.24, 2.45) is 0 Å². The minimum absolute atomic E-state index is 0.204. The lowest BCUT2D eigenvalue weighted by Crippen LogP contribution is -2.34. The van der Waals surface area contributed by atoms with E-state index in [4.69, 9.17) is 18.9 Å². The van der Waals surface area contributed by atoms with Crippen LogP contribution in [-0.4, -0.2) is 78.8 Å². The number of carbonyl (C=O) groups is 1. The van der Waals surface area contributed by atoms with Crippen LogP contribution >= 0.6 is 0 Å². The first-order chi connectivity index (χ1) is 14.7. The van der Waals surface area contributed by atoms with Crippen LogP contribution in [0.2, 0.25) is 0 Å². The van der Waals surface area contributed by atoms with Gasteiger partial charge in [-0.05, 0) is 19.4 Å². The van der Waals surface area contributed by atoms with Gasteiger partial charge in [-0.15, -0.1) is 5.10 Å². The van der Waals surface area contributed by atoms with Crippen LogP contribution < -0.4 is 0 Å². The maximum atomic E-state index is 13.1. The highest BCUT2D eigenvalue weighted by Gasteiger charge is 2.20. The second kappa shape index (κ2) is 13.8. The Morgan fingerprint density at radius 2 is 1.83 bits per heavy atom. The molecule has 0 aliphatic rings. The van der Waals surface area contributed by atoms with E-state index in [0.717, 1.165) is 5.56 Å². The quantitative estimate of drug-likeness (QED) is 0.322. The summed E-state index contributed by atoms with van der Waals surface area (Å²) in [6, 6.07) is 9.81. The largest absolute Gasteiger partial charge is 0.382 e. The van der Waals surface area contributed by atoms with Gasteiger partial charge < -0.3 is 23.8 Å². The number of carbonyl (C=O) groups excluding carboxylic acids is 1. The summed E-state index contributed by atoms with van der Waals surface area (Å²) in [6.45, 7) is 7.52. The Morgan fingerprint density at radius 3 is 2.50 bits per heavy atom. The predicted octanol–water partition coefficient (Wildman–Crippen LogP) is 1.98. The molecule has 1 aromatic heterocycles. The van der Waals surface area contributed by atoms with Crippen LogP contribution in [0.15, 0.2) is 36.5 Å². The molecule has 0 saturated carbocycles. The molecular formula is C21H32N4O5. The lowest BCUT2D eigenvalue weighted by molar-refractivity contribution is -0.145. The Morgan fingerprint density at radius 1 is 1.10 bits per heavy atom. The van der Waals surface area contributed by atoms with E-state index < -0.39 is 6.29 Å². The van der Waals surface area contributed by atoms with E-state index in [1.54, 1.807) is 22.9 Å². The fraction of sp³-hybridized carbons (Fsp3) is 0.571. The van der Waals surface area contributed by atoms with Crippen molar-refractivity contribution < 1.29 is 23.7 Å². The van der Waals surface area contributed by atoms with Crippen molar-refractivity contribution in [2.45, 2.75) is 33.2 Å². The molecule has 0 aliphatic heterocycles. The molecule has 166 valence electrons. The number of rotatable bonds is 15. The Balaban J connectivity index is 2.03. The number of nitrogens with zero attached hydrogens (tertiary/aromatic N) is 4. The summed E-state index contributed by atoms with van der Waals surface area (Å²) in [5, 5.41) is 8.12. The molecule has 0 atom stereocenters. The van der Waals surface area contributed by atoms with Crippen LogP contribution in [0, 0.1) is 0 Å². The number of amides is 1. The highest BCUT2D eigenvalue weighted by molar-refractivity contribution is 5.91. The lowest BCUT2D eigenvalue weighted by Gasteiger charge is -2.22. The maximum Gasteiger partial charge on any atom is 0.276 e. The van der Waals surface area contributed by atoms with Crippen LogP contribution in [0.25, 0.3) is 0 Å². The van der Waals surface area contributed by atoms with E-state index in [1.165, 1.54) is 0 Å². The summed E-state index contributed by atoms with van der Waals surface area (Å²) >= 11 is 0. The summed E-state index contributed by atoms with van der Waals surface area (Å²) < 4.78 is 23.2. The highest BCUT2D eigenvalue weighted by atomic mass is 16.7. The number of hydrogen-bond acceptors (Lipinski definition) is 7. The van der Waals surface area contributed by atoms with Crippen molar-refractivity contribution in [3.05, 3.63) is 47.8 Å². The van der Waals surface area contributed by atoms with Gasteiger partial charge in [-0.3, -0.25) is 4.79 Å². The third-order valence-electron chi connectivity index (χ3n) is 4.24. The molecule has 1 amide bonds. The first-order valence-electron chi connectivity index (χ1n) is 10.2. The summed E-state index contributed by atoms with van der Waals surface area (Å²) in [5.74, 6) is -0.204. The van der Waals surface area contributed by atoms with E-state index in [1.807, 2.05) is 44.2 Å². The van der Waals surface area contributed by atoms with Gasteiger partial charge in [-0.1, -0.05) is 35.5 Å². The number of methoxy groups -OCH3 is 1. The molecule has 0 bridgehead atoms. The third kappa shape index (κ3) is 8.19. The molecule has 0 N–H and O–H groups in total. The normalized spacial score (nSPS) is 11.2. The first-order valence-corrected chi connectivity index (χ1v) is 10.2. The fourth-order valence-corrected chi connectivity index (χ4v) is 2.80. The predicted molar refractivity (Wildman–Crippen MR) is 111 cm³/mol. The number of hydrogen-bond donors (Lipinski definition) is 0. The molecule has 2 rings (SSSR count). The van der Waals surface area contributed by atoms with Crippen LogP contribution in [0.4, 0.5) is 0 Å². The molecule has 0 saturated heterocycles. The topological polar surface area (TPSA) is 87.9 Å². The van der Waals surface area contributed by atoms with E-state index in [9.17, 15) is 4.79 Å². The van der Waals surface area contributed by atoms with Gasteiger partial charge in [0, 0.05) is 33.4 Å². The van der Waals surface area contributed by atoms with Gasteiger partial charge >= 0.3 is 0 Å². The van der Waals surface area contributed by atoms with Crippen LogP contribution in [0.3, 0.4) is 0 Å². The fourth-order valence-electron chi connectivity index (χ4n) is 2.80. The summed E-state index contributed by atoms with van der Waals surface area (Å²) in [7, 11) is 1.62. The van der Waals surface area contributed by atoms with Gasteiger partial charge in [-0.2, -0.15) is 0 Å². The van der Waals surface area contributed by atoms with Crippen molar-refractivity contribution >= 4 is 5.91 Å². The van der Waals surface area contributed by atoms with Gasteiger partial charge in [0.25, 0.3) is 5.91 Å². The zero-order chi connectivity index (χ0) is 21.6. The molecule has 30 heavy (non-hydrogen) atoms. The molecular weight excluding hydrogens is 388 g/mol. The van der Waals surface area contributed by atoms with Crippen molar-refractivity contribution in [3.8, 4) is 0 Å². The van der Waals surface area contributed by atoms with E-state index in [0.29, 0.717) is 52.7 Å². The van der Waals surface area contributed by atoms with Crippen molar-refractivity contribution in [3.63, 3.8) is 0 Å². The van der Waals surface area contributed by atoms with Crippen molar-refractivity contribution in [1.29, 1.82) is 0 Å². The Kier molecular flexibility index (Phi) is 11.0. The molecule has 9 nitrogen and oxygen atoms in total. The molecule has 1 aromatic carbocycles. The molecule has 0 fully saturated rings. The zero-order valence-corrected chi connectivity index (χ0v) is 18.0. The standard InChI is InChI=1S/C21H32N4O5/c1-4-29-20(30-5-2)17-25-16-19(22-23-25)21(26)24(11-12-28-14-13-27-3)15-18-9-7-6-8-10-18/h6-10,16,20H,4-5,11-15,17H2,1-3H3. The maximum absolute atomic E-state index is 13.1. The van der Waals surface area contributed by atoms with Gasteiger partial charge in [-0.25, -0.2) is 4.68 Å². The molecule has 2 aromatic rings. The Bertz CT molecular complexity index is 719. The number of benzene rings is 1. The third-order valence-corrected chi connectivity index (χ3v) is 4.24. The van der Waals surface area contributed by atoms with Gasteiger partial charge in [0.05, 0.1) is 32.6 Å². The number of ether oxygens (including phenoxy) is 4. The monoisotopic (exact) mass is 420 g/mol. The smallest absolute Gasteiger partial charge is 0.276 e. The molecule has 0 unspecified atom stereocenters. The van der Waals surface area contributed by atoms with Crippen LogP contribution in [0.1, 0.15) is 29.9 Å². The van der Waals surface area contributed by atoms with Gasteiger partial charge in [0.1, 0.15) is 0 Å². The van der Waals surface area contributed by atoms with E-state index in [-0.39, 0.29) is 11.6 Å². The average Bonchev–Trinajstić information content (AvgIpc) is 3.22. The van der Waals surface area contributed by atoms with Crippen LogP contribution in [-0.2, 0) is 32.0 Å². The molecule has 0 radical (unpaired) electrons. The Hall–Kier alpha value is -2.33. The molecule has 0 aliphatic carbocycles. The average molecular weight is 421 g/mol. The first kappa shape index (κ1) is 23.9. The summed E-state index contributed by atoms with van der Waals surface area (Å²) in [5.41, 5.74) is 1.30. The van der Waals surface area contributed by atoms with Gasteiger partial charge in [0.2, 0.25) is 0 Å². The SMILES string of the molecule is CCOC(Cn1cc(C(=O)N(CCOCCOC)Cc2ccccc2)nn1)OCC. The molecule has 0 spiro atoms. The Labute approximate surface area is 177 Å². The van der Waals surface area contributed by atoms with Crippen molar-refractivity contribution in [2.75, 3.05) is 46.7 Å². The minimum Gasteiger partial charge on any atom is -0.382 e. The zero-order valence-electron chi connectivity index (χ0n) is 18.0. The minimum atomic E-state index is -0.431. The van der Waals surface area contributed by atoms with E-state index >= 15 is 0 Å². The summed E-state index contributed by atoms with van der Waals surface area (Å²) in [6.07, 6.45) is 1.19. The van der Waals surface area contributed by atoms with Crippen molar-refractivity contribution in [1.82, 2.24) is 19.9 Å². The second-order valence-electron chi connectivity index (χ2n) is 6.48. The van der Waals surface area contributed by atoms with Gasteiger partial charge in [0.15, 0.2) is 12.0 Å². The second-order valence-corrected chi connectivity index (χ2v) is 6.48. The molecule has 1 heterocycles. The molecule has 9 heteroatoms. The van der Waals surface area contributed by atoms with Crippen LogP contribution in [0.5, 0.6) is 0 Å². The van der Waals surface area contributed by atoms with E-state index in [2.05, 4.69) is 10.3 Å². The lowest BCUT2D eigenvalue weighted by atomic mass is 10.2. The summed E-state index contributed by atoms with van der Waals surface area (Å²) in [4.78, 5) is 14.8. The highest BCUT2D eigenvalue weighted by Crippen LogP contribution is 2.09.